The summed E-state index contributed by atoms with van der Waals surface area (Å²) in [6, 6.07) is 15.6. The van der Waals surface area contributed by atoms with Gasteiger partial charge in [0.05, 0.1) is 6.10 Å². The van der Waals surface area contributed by atoms with Crippen LogP contribution in [0.3, 0.4) is 0 Å². The van der Waals surface area contributed by atoms with Crippen LogP contribution in [0.15, 0.2) is 54.7 Å². The predicted molar refractivity (Wildman–Crippen MR) is 117 cm³/mol. The Bertz CT molecular complexity index is 1160. The van der Waals surface area contributed by atoms with Crippen LogP contribution < -0.4 is 10.6 Å². The second-order valence-electron chi connectivity index (χ2n) is 7.73. The van der Waals surface area contributed by atoms with Gasteiger partial charge in [-0.05, 0) is 31.1 Å². The van der Waals surface area contributed by atoms with E-state index < -0.39 is 0 Å². The first kappa shape index (κ1) is 18.6. The number of nitrogens with zero attached hydrogens (tertiary/aromatic N) is 1. The summed E-state index contributed by atoms with van der Waals surface area (Å²) in [6.07, 6.45) is 6.02. The molecule has 1 saturated heterocycles. The molecule has 2 amide bonds. The molecule has 2 aliphatic rings. The molecular weight excluding hydrogens is 378 g/mol. The van der Waals surface area contributed by atoms with E-state index in [4.69, 9.17) is 4.74 Å². The van der Waals surface area contributed by atoms with E-state index in [0.717, 1.165) is 47.2 Å². The lowest BCUT2D eigenvalue weighted by Gasteiger charge is -2.11. The molecule has 6 heteroatoms. The Morgan fingerprint density at radius 1 is 1.20 bits per heavy atom. The largest absolute Gasteiger partial charge is 0.376 e. The number of rotatable bonds is 5. The quantitative estimate of drug-likeness (QED) is 0.644. The van der Waals surface area contributed by atoms with E-state index in [1.54, 1.807) is 0 Å². The Hall–Kier alpha value is -3.38. The molecular formula is C24H23N3O3. The SMILES string of the molecule is O=C(Cn1cc(/C=C2/C(=O)Nc3ccccc32)c2ccccc21)NC[C@H]1CCCO1. The number of carbonyl (C=O) groups excluding carboxylic acids is 2. The second-order valence-corrected chi connectivity index (χ2v) is 7.73. The van der Waals surface area contributed by atoms with Crippen LogP contribution in [0.2, 0.25) is 0 Å². The van der Waals surface area contributed by atoms with E-state index in [2.05, 4.69) is 10.6 Å². The monoisotopic (exact) mass is 401 g/mol. The van der Waals surface area contributed by atoms with Crippen molar-refractivity contribution in [3.63, 3.8) is 0 Å². The van der Waals surface area contributed by atoms with Gasteiger partial charge in [0, 0.05) is 52.6 Å². The van der Waals surface area contributed by atoms with Gasteiger partial charge in [-0.15, -0.1) is 0 Å². The highest BCUT2D eigenvalue weighted by Crippen LogP contribution is 2.34. The van der Waals surface area contributed by atoms with Crippen LogP contribution >= 0.6 is 0 Å². The molecule has 30 heavy (non-hydrogen) atoms. The van der Waals surface area contributed by atoms with Gasteiger partial charge >= 0.3 is 0 Å². The van der Waals surface area contributed by atoms with Gasteiger partial charge in [-0.3, -0.25) is 9.59 Å². The molecule has 2 aliphatic heterocycles. The normalized spacial score (nSPS) is 19.3. The standard InChI is InChI=1S/C24H23N3O3/c28-23(25-13-17-6-5-11-30-17)15-27-14-16(18-7-2-4-10-22(18)27)12-20-19-8-1-3-9-21(19)26-24(20)29/h1-4,7-10,12,14,17H,5-6,11,13,15H2,(H,25,28)(H,26,29)/b20-12+/t17-/m1/s1. The van der Waals surface area contributed by atoms with Gasteiger partial charge in [0.15, 0.2) is 0 Å². The van der Waals surface area contributed by atoms with Crippen molar-refractivity contribution in [1.29, 1.82) is 0 Å². The van der Waals surface area contributed by atoms with Crippen LogP contribution in [0.1, 0.15) is 24.0 Å². The molecule has 0 spiro atoms. The molecule has 3 heterocycles. The van der Waals surface area contributed by atoms with Crippen LogP contribution in [0.25, 0.3) is 22.6 Å². The third-order valence-electron chi connectivity index (χ3n) is 5.69. The van der Waals surface area contributed by atoms with Gasteiger partial charge in [-0.2, -0.15) is 0 Å². The molecule has 1 fully saturated rings. The Kier molecular flexibility index (Phi) is 4.85. The zero-order chi connectivity index (χ0) is 20.5. The summed E-state index contributed by atoms with van der Waals surface area (Å²) in [5.41, 5.74) is 4.23. The fraction of sp³-hybridized carbons (Fsp3) is 0.250. The highest BCUT2D eigenvalue weighted by Gasteiger charge is 2.24. The van der Waals surface area contributed by atoms with Crippen molar-refractivity contribution < 1.29 is 14.3 Å². The molecule has 6 nitrogen and oxygen atoms in total. The third kappa shape index (κ3) is 3.50. The maximum atomic E-state index is 12.5. The van der Waals surface area contributed by atoms with Crippen LogP contribution in [0.5, 0.6) is 0 Å². The van der Waals surface area contributed by atoms with Crippen LogP contribution in [-0.4, -0.2) is 35.6 Å². The molecule has 5 rings (SSSR count). The fourth-order valence-electron chi connectivity index (χ4n) is 4.20. The number of amides is 2. The maximum absolute atomic E-state index is 12.5. The summed E-state index contributed by atoms with van der Waals surface area (Å²) < 4.78 is 7.51. The Balaban J connectivity index is 1.43. The van der Waals surface area contributed by atoms with E-state index in [1.807, 2.05) is 65.4 Å². The first-order valence-electron chi connectivity index (χ1n) is 10.3. The van der Waals surface area contributed by atoms with Crippen LogP contribution in [0.4, 0.5) is 5.69 Å². The summed E-state index contributed by atoms with van der Waals surface area (Å²) in [5, 5.41) is 6.89. The van der Waals surface area contributed by atoms with E-state index in [-0.39, 0.29) is 24.5 Å². The van der Waals surface area contributed by atoms with Crippen molar-refractivity contribution in [1.82, 2.24) is 9.88 Å². The number of benzene rings is 2. The van der Waals surface area contributed by atoms with Crippen molar-refractivity contribution in [2.75, 3.05) is 18.5 Å². The summed E-state index contributed by atoms with van der Waals surface area (Å²) in [5.74, 6) is -0.156. The highest BCUT2D eigenvalue weighted by molar-refractivity contribution is 6.35. The molecule has 0 bridgehead atoms. The minimum Gasteiger partial charge on any atom is -0.376 e. The maximum Gasteiger partial charge on any atom is 0.256 e. The molecule has 2 aromatic carbocycles. The summed E-state index contributed by atoms with van der Waals surface area (Å²) >= 11 is 0. The van der Waals surface area contributed by atoms with Gasteiger partial charge in [-0.25, -0.2) is 0 Å². The van der Waals surface area contributed by atoms with Gasteiger partial charge in [0.25, 0.3) is 5.91 Å². The Morgan fingerprint density at radius 2 is 2.03 bits per heavy atom. The number of para-hydroxylation sites is 2. The summed E-state index contributed by atoms with van der Waals surface area (Å²) in [7, 11) is 0. The van der Waals surface area contributed by atoms with Gasteiger partial charge < -0.3 is 19.9 Å². The second kappa shape index (κ2) is 7.80. The Labute approximate surface area is 174 Å². The molecule has 3 aromatic rings. The van der Waals surface area contributed by atoms with Gasteiger partial charge in [0.1, 0.15) is 6.54 Å². The first-order valence-corrected chi connectivity index (χ1v) is 10.3. The lowest BCUT2D eigenvalue weighted by atomic mass is 10.0. The number of aromatic nitrogens is 1. The van der Waals surface area contributed by atoms with Crippen molar-refractivity contribution in [2.24, 2.45) is 0 Å². The average Bonchev–Trinajstić information content (AvgIpc) is 3.47. The van der Waals surface area contributed by atoms with Crippen molar-refractivity contribution >= 4 is 40.1 Å². The number of fused-ring (bicyclic) bond motifs is 2. The molecule has 1 aromatic heterocycles. The number of carbonyl (C=O) groups is 2. The fourth-order valence-corrected chi connectivity index (χ4v) is 4.20. The highest BCUT2D eigenvalue weighted by atomic mass is 16.5. The predicted octanol–water partition coefficient (Wildman–Crippen LogP) is 3.43. The van der Waals surface area contributed by atoms with E-state index in [0.29, 0.717) is 12.1 Å². The molecule has 0 unspecified atom stereocenters. The van der Waals surface area contributed by atoms with Gasteiger partial charge in [-0.1, -0.05) is 36.4 Å². The van der Waals surface area contributed by atoms with Crippen molar-refractivity contribution in [3.8, 4) is 0 Å². The molecule has 0 aliphatic carbocycles. The minimum absolute atomic E-state index is 0.0468. The van der Waals surface area contributed by atoms with Crippen LogP contribution in [-0.2, 0) is 20.9 Å². The minimum atomic E-state index is -0.109. The van der Waals surface area contributed by atoms with Crippen molar-refractivity contribution in [3.05, 3.63) is 65.9 Å². The molecule has 0 saturated carbocycles. The van der Waals surface area contributed by atoms with E-state index >= 15 is 0 Å². The average molecular weight is 401 g/mol. The topological polar surface area (TPSA) is 72.4 Å². The van der Waals surface area contributed by atoms with Crippen LogP contribution in [0, 0.1) is 0 Å². The smallest absolute Gasteiger partial charge is 0.256 e. The number of anilines is 1. The third-order valence-corrected chi connectivity index (χ3v) is 5.69. The number of hydrogen-bond donors (Lipinski definition) is 2. The van der Waals surface area contributed by atoms with E-state index in [1.165, 1.54) is 0 Å². The summed E-state index contributed by atoms with van der Waals surface area (Å²) in [6.45, 7) is 1.54. The molecule has 152 valence electrons. The molecule has 0 radical (unpaired) electrons. The molecule has 2 N–H and O–H groups in total. The lowest BCUT2D eigenvalue weighted by Crippen LogP contribution is -2.34. The lowest BCUT2D eigenvalue weighted by molar-refractivity contribution is -0.122. The van der Waals surface area contributed by atoms with E-state index in [9.17, 15) is 9.59 Å². The van der Waals surface area contributed by atoms with Gasteiger partial charge in [0.2, 0.25) is 5.91 Å². The zero-order valence-corrected chi connectivity index (χ0v) is 16.6. The Morgan fingerprint density at radius 3 is 2.90 bits per heavy atom. The zero-order valence-electron chi connectivity index (χ0n) is 16.6. The summed E-state index contributed by atoms with van der Waals surface area (Å²) in [4.78, 5) is 25.0. The number of hydrogen-bond acceptors (Lipinski definition) is 3. The van der Waals surface area contributed by atoms with Crippen molar-refractivity contribution in [2.45, 2.75) is 25.5 Å². The number of ether oxygens (including phenoxy) is 1. The molecule has 1 atom stereocenters. The first-order chi connectivity index (χ1) is 14.7. The number of nitrogens with one attached hydrogen (secondary N) is 2.